The van der Waals surface area contributed by atoms with Crippen LogP contribution in [0.15, 0.2) is 48.8 Å². The Morgan fingerprint density at radius 1 is 1.32 bits per heavy atom. The fraction of sp³-hybridized carbons (Fsp3) is 0.200. The molecule has 0 saturated heterocycles. The number of aromatic nitrogens is 1. The number of rotatable bonds is 5. The first-order chi connectivity index (χ1) is 9.29. The van der Waals surface area contributed by atoms with E-state index in [1.54, 1.807) is 24.4 Å². The Kier molecular flexibility index (Phi) is 4.50. The molecule has 1 aromatic carbocycles. The Hall–Kier alpha value is -2.36. The zero-order valence-electron chi connectivity index (χ0n) is 10.8. The molecule has 0 atom stereocenters. The third-order valence-electron chi connectivity index (χ3n) is 2.52. The summed E-state index contributed by atoms with van der Waals surface area (Å²) in [6, 6.07) is 10.7. The van der Waals surface area contributed by atoms with Gasteiger partial charge in [-0.1, -0.05) is 13.0 Å². The third-order valence-corrected chi connectivity index (χ3v) is 2.52. The SMILES string of the molecule is CCCNc1cccc(OC(=O)c2cccnc2)c1. The molecule has 0 aliphatic carbocycles. The fourth-order valence-electron chi connectivity index (χ4n) is 1.59. The van der Waals surface area contributed by atoms with Crippen molar-refractivity contribution in [2.75, 3.05) is 11.9 Å². The number of anilines is 1. The Morgan fingerprint density at radius 2 is 2.21 bits per heavy atom. The number of carbonyl (C=O) groups excluding carboxylic acids is 1. The van der Waals surface area contributed by atoms with Gasteiger partial charge in [0.1, 0.15) is 5.75 Å². The lowest BCUT2D eigenvalue weighted by molar-refractivity contribution is 0.0734. The monoisotopic (exact) mass is 256 g/mol. The molecule has 0 amide bonds. The van der Waals surface area contributed by atoms with Gasteiger partial charge in [0.05, 0.1) is 5.56 Å². The van der Waals surface area contributed by atoms with E-state index in [1.807, 2.05) is 18.2 Å². The van der Waals surface area contributed by atoms with Crippen LogP contribution in [0.1, 0.15) is 23.7 Å². The van der Waals surface area contributed by atoms with Crippen molar-refractivity contribution in [2.45, 2.75) is 13.3 Å². The predicted molar refractivity (Wildman–Crippen MR) is 74.4 cm³/mol. The quantitative estimate of drug-likeness (QED) is 0.659. The van der Waals surface area contributed by atoms with E-state index < -0.39 is 5.97 Å². The Bertz CT molecular complexity index is 541. The van der Waals surface area contributed by atoms with Crippen molar-refractivity contribution < 1.29 is 9.53 Å². The molecular weight excluding hydrogens is 240 g/mol. The molecule has 98 valence electrons. The summed E-state index contributed by atoms with van der Waals surface area (Å²) < 4.78 is 5.30. The molecular formula is C15H16N2O2. The minimum absolute atomic E-state index is 0.402. The lowest BCUT2D eigenvalue weighted by Gasteiger charge is -2.08. The molecule has 0 bridgehead atoms. The standard InChI is InChI=1S/C15H16N2O2/c1-2-8-17-13-6-3-7-14(10-13)19-15(18)12-5-4-9-16-11-12/h3-7,9-11,17H,2,8H2,1H3. The summed E-state index contributed by atoms with van der Waals surface area (Å²) in [4.78, 5) is 15.7. The maximum absolute atomic E-state index is 11.9. The van der Waals surface area contributed by atoms with Gasteiger partial charge in [-0.15, -0.1) is 0 Å². The molecule has 1 N–H and O–H groups in total. The molecule has 0 radical (unpaired) electrons. The van der Waals surface area contributed by atoms with E-state index in [2.05, 4.69) is 17.2 Å². The van der Waals surface area contributed by atoms with Crippen LogP contribution in [0.2, 0.25) is 0 Å². The van der Waals surface area contributed by atoms with E-state index in [4.69, 9.17) is 4.74 Å². The minimum atomic E-state index is -0.402. The molecule has 0 fully saturated rings. The molecule has 0 aliphatic rings. The van der Waals surface area contributed by atoms with Crippen molar-refractivity contribution in [3.8, 4) is 5.75 Å². The first-order valence-electron chi connectivity index (χ1n) is 6.25. The number of benzene rings is 1. The molecule has 0 unspecified atom stereocenters. The molecule has 0 spiro atoms. The molecule has 1 heterocycles. The van der Waals surface area contributed by atoms with Gasteiger partial charge in [-0.05, 0) is 30.7 Å². The van der Waals surface area contributed by atoms with E-state index in [-0.39, 0.29) is 0 Å². The molecule has 1 aromatic heterocycles. The number of carbonyl (C=O) groups is 1. The third kappa shape index (κ3) is 3.81. The van der Waals surface area contributed by atoms with Gasteiger partial charge < -0.3 is 10.1 Å². The molecule has 2 rings (SSSR count). The van der Waals surface area contributed by atoms with Crippen LogP contribution in [-0.4, -0.2) is 17.5 Å². The summed E-state index contributed by atoms with van der Waals surface area (Å²) in [5, 5.41) is 3.24. The Labute approximate surface area is 112 Å². The van der Waals surface area contributed by atoms with Crippen LogP contribution >= 0.6 is 0 Å². The topological polar surface area (TPSA) is 51.2 Å². The average molecular weight is 256 g/mol. The number of pyridine rings is 1. The zero-order valence-corrected chi connectivity index (χ0v) is 10.8. The fourth-order valence-corrected chi connectivity index (χ4v) is 1.59. The van der Waals surface area contributed by atoms with Gasteiger partial charge in [0.25, 0.3) is 0 Å². The highest BCUT2D eigenvalue weighted by atomic mass is 16.5. The Balaban J connectivity index is 2.05. The van der Waals surface area contributed by atoms with Crippen LogP contribution in [-0.2, 0) is 0 Å². The van der Waals surface area contributed by atoms with Crippen LogP contribution in [0.4, 0.5) is 5.69 Å². The summed E-state index contributed by atoms with van der Waals surface area (Å²) in [6.07, 6.45) is 4.15. The normalized spacial score (nSPS) is 9.95. The number of nitrogens with one attached hydrogen (secondary N) is 1. The summed E-state index contributed by atoms with van der Waals surface area (Å²) in [6.45, 7) is 2.99. The maximum atomic E-state index is 11.9. The van der Waals surface area contributed by atoms with Crippen LogP contribution in [0, 0.1) is 0 Å². The largest absolute Gasteiger partial charge is 0.423 e. The number of nitrogens with zero attached hydrogens (tertiary/aromatic N) is 1. The summed E-state index contributed by atoms with van der Waals surface area (Å²) in [7, 11) is 0. The van der Waals surface area contributed by atoms with Gasteiger partial charge in [-0.25, -0.2) is 4.79 Å². The van der Waals surface area contributed by atoms with E-state index in [0.717, 1.165) is 18.7 Å². The van der Waals surface area contributed by atoms with Crippen molar-refractivity contribution in [3.63, 3.8) is 0 Å². The second kappa shape index (κ2) is 6.54. The summed E-state index contributed by atoms with van der Waals surface area (Å²) >= 11 is 0. The van der Waals surface area contributed by atoms with Gasteiger partial charge in [0.15, 0.2) is 0 Å². The lowest BCUT2D eigenvalue weighted by Crippen LogP contribution is -2.09. The summed E-state index contributed by atoms with van der Waals surface area (Å²) in [5.41, 5.74) is 1.38. The predicted octanol–water partition coefficient (Wildman–Crippen LogP) is 3.12. The van der Waals surface area contributed by atoms with Crippen LogP contribution < -0.4 is 10.1 Å². The van der Waals surface area contributed by atoms with Crippen molar-refractivity contribution in [1.29, 1.82) is 0 Å². The first-order valence-corrected chi connectivity index (χ1v) is 6.25. The van der Waals surface area contributed by atoms with Gasteiger partial charge in [-0.3, -0.25) is 4.98 Å². The molecule has 19 heavy (non-hydrogen) atoms. The second-order valence-electron chi connectivity index (χ2n) is 4.09. The smallest absolute Gasteiger partial charge is 0.345 e. The van der Waals surface area contributed by atoms with Gasteiger partial charge >= 0.3 is 5.97 Å². The number of ether oxygens (including phenoxy) is 1. The zero-order chi connectivity index (χ0) is 13.5. The number of hydrogen-bond donors (Lipinski definition) is 1. The van der Waals surface area contributed by atoms with Crippen molar-refractivity contribution in [1.82, 2.24) is 4.98 Å². The highest BCUT2D eigenvalue weighted by Crippen LogP contribution is 2.18. The summed E-state index contributed by atoms with van der Waals surface area (Å²) in [5.74, 6) is 0.121. The van der Waals surface area contributed by atoms with Crippen molar-refractivity contribution >= 4 is 11.7 Å². The van der Waals surface area contributed by atoms with Crippen LogP contribution in [0.5, 0.6) is 5.75 Å². The molecule has 0 aliphatic heterocycles. The van der Waals surface area contributed by atoms with Gasteiger partial charge in [0.2, 0.25) is 0 Å². The van der Waals surface area contributed by atoms with Crippen LogP contribution in [0.25, 0.3) is 0 Å². The van der Waals surface area contributed by atoms with Crippen molar-refractivity contribution in [3.05, 3.63) is 54.4 Å². The number of esters is 1. The second-order valence-corrected chi connectivity index (χ2v) is 4.09. The first kappa shape index (κ1) is 13.1. The molecule has 4 nitrogen and oxygen atoms in total. The van der Waals surface area contributed by atoms with Crippen molar-refractivity contribution in [2.24, 2.45) is 0 Å². The highest BCUT2D eigenvalue weighted by molar-refractivity contribution is 5.90. The minimum Gasteiger partial charge on any atom is -0.423 e. The highest BCUT2D eigenvalue weighted by Gasteiger charge is 2.08. The average Bonchev–Trinajstić information content (AvgIpc) is 2.46. The Morgan fingerprint density at radius 3 is 2.95 bits per heavy atom. The van der Waals surface area contributed by atoms with E-state index in [1.165, 1.54) is 6.20 Å². The number of hydrogen-bond acceptors (Lipinski definition) is 4. The van der Waals surface area contributed by atoms with Gasteiger partial charge in [0, 0.05) is 30.7 Å². The van der Waals surface area contributed by atoms with E-state index >= 15 is 0 Å². The van der Waals surface area contributed by atoms with Gasteiger partial charge in [-0.2, -0.15) is 0 Å². The molecule has 0 saturated carbocycles. The van der Waals surface area contributed by atoms with E-state index in [0.29, 0.717) is 11.3 Å². The molecule has 4 heteroatoms. The van der Waals surface area contributed by atoms with Crippen LogP contribution in [0.3, 0.4) is 0 Å². The maximum Gasteiger partial charge on any atom is 0.345 e. The van der Waals surface area contributed by atoms with E-state index in [9.17, 15) is 4.79 Å². The molecule has 2 aromatic rings. The lowest BCUT2D eigenvalue weighted by atomic mass is 10.2.